The molecule has 3 nitrogen and oxygen atoms in total. The Morgan fingerprint density at radius 1 is 0.972 bits per heavy atom. The molecule has 0 N–H and O–H groups in total. The van der Waals surface area contributed by atoms with Crippen LogP contribution in [0.2, 0.25) is 18.1 Å². The summed E-state index contributed by atoms with van der Waals surface area (Å²) in [5, 5.41) is 9.71. The van der Waals surface area contributed by atoms with Gasteiger partial charge in [-0.05, 0) is 105 Å². The van der Waals surface area contributed by atoms with Gasteiger partial charge in [0.15, 0.2) is 13.3 Å². The lowest BCUT2D eigenvalue weighted by Gasteiger charge is -2.58. The smallest absolute Gasteiger partial charge is 0.192 e. The molecular formula is C31H47ClN2OSi. The Kier molecular flexibility index (Phi) is 6.70. The van der Waals surface area contributed by atoms with E-state index in [-0.39, 0.29) is 10.5 Å². The van der Waals surface area contributed by atoms with E-state index < -0.39 is 13.3 Å². The average Bonchev–Trinajstić information content (AvgIpc) is 3.09. The van der Waals surface area contributed by atoms with Crippen LogP contribution in [0.25, 0.3) is 0 Å². The van der Waals surface area contributed by atoms with Crippen molar-refractivity contribution in [3.05, 3.63) is 42.0 Å². The van der Waals surface area contributed by atoms with Gasteiger partial charge in [-0.25, -0.2) is 0 Å². The summed E-state index contributed by atoms with van der Waals surface area (Å²) >= 11 is 7.37. The fourth-order valence-electron chi connectivity index (χ4n) is 8.08. The largest absolute Gasteiger partial charge is 0.414 e. The highest BCUT2D eigenvalue weighted by molar-refractivity contribution is 6.74. The minimum absolute atomic E-state index is 0.0123. The number of alkyl halides is 1. The Balaban J connectivity index is 1.34. The number of allylic oxidation sites excluding steroid dienone is 1. The lowest BCUT2D eigenvalue weighted by atomic mass is 9.48. The lowest BCUT2D eigenvalue weighted by molar-refractivity contribution is -0.0439. The van der Waals surface area contributed by atoms with Crippen LogP contribution in [-0.4, -0.2) is 19.4 Å². The molecule has 5 heteroatoms. The summed E-state index contributed by atoms with van der Waals surface area (Å²) in [6.07, 6.45) is 12.4. The van der Waals surface area contributed by atoms with E-state index in [0.29, 0.717) is 23.4 Å². The van der Waals surface area contributed by atoms with Crippen LogP contribution in [0.3, 0.4) is 0 Å². The van der Waals surface area contributed by atoms with Crippen LogP contribution >= 0.6 is 11.6 Å². The lowest BCUT2D eigenvalue weighted by Crippen LogP contribution is -2.53. The second-order valence-corrected chi connectivity index (χ2v) is 19.7. The summed E-state index contributed by atoms with van der Waals surface area (Å²) < 4.78 is 6.91. The normalized spacial score (nSPS) is 40.9. The van der Waals surface area contributed by atoms with Crippen molar-refractivity contribution < 1.29 is 4.43 Å². The Hall–Kier alpha value is -0.973. The Morgan fingerprint density at radius 2 is 1.67 bits per heavy atom. The number of halogens is 1. The van der Waals surface area contributed by atoms with Gasteiger partial charge in [0, 0.05) is 11.5 Å². The van der Waals surface area contributed by atoms with E-state index in [9.17, 15) is 0 Å². The number of hydrogen-bond donors (Lipinski definition) is 0. The van der Waals surface area contributed by atoms with Crippen LogP contribution in [0.4, 0.5) is 5.69 Å². The first-order chi connectivity index (χ1) is 16.8. The average molecular weight is 527 g/mol. The van der Waals surface area contributed by atoms with E-state index in [2.05, 4.69) is 58.9 Å². The fraction of sp³-hybridized carbons (Fsp3) is 0.742. The zero-order valence-corrected chi connectivity index (χ0v) is 25.4. The Morgan fingerprint density at radius 3 is 2.36 bits per heavy atom. The van der Waals surface area contributed by atoms with E-state index in [1.165, 1.54) is 32.1 Å². The first-order valence-electron chi connectivity index (χ1n) is 14.3. The van der Waals surface area contributed by atoms with Gasteiger partial charge in [0.2, 0.25) is 0 Å². The molecule has 1 aromatic carbocycles. The molecule has 4 aliphatic rings. The molecule has 1 aromatic rings. The molecule has 3 fully saturated rings. The second-order valence-electron chi connectivity index (χ2n) is 14.3. The second kappa shape index (κ2) is 9.05. The molecular weight excluding hydrogens is 480 g/mol. The highest BCUT2D eigenvalue weighted by Gasteiger charge is 2.64. The quantitative estimate of drug-likeness (QED) is 0.126. The van der Waals surface area contributed by atoms with Crippen molar-refractivity contribution >= 4 is 25.6 Å². The van der Waals surface area contributed by atoms with Crippen molar-refractivity contribution in [3.8, 4) is 0 Å². The van der Waals surface area contributed by atoms with E-state index in [0.717, 1.165) is 30.9 Å². The SMILES string of the molecule is CC(C)(C)[Si](C)(C)O[C@H]1CC[C@@]2(C)C(=CC[C@@H]3[C@@H]2CC[C@@]2(C)[C@H]3CCC2(Cl)N=Nc2ccccc2)C1. The standard InChI is InChI=1S/C31H47ClN2OSi/c1-28(2,3)36(6,7)35-24-15-18-29(4)22(21-24)13-14-25-26(29)16-19-30(5)27(25)17-20-31(30,32)34-33-23-11-9-8-10-12-23/h8-13,24-27H,14-21H2,1-7H3/t24-,25+,26-,27-,29-,30-,31?/m0/s1. The maximum Gasteiger partial charge on any atom is 0.192 e. The third-order valence-corrected chi connectivity index (χ3v) is 16.7. The van der Waals surface area contributed by atoms with Gasteiger partial charge < -0.3 is 4.43 Å². The number of hydrogen-bond acceptors (Lipinski definition) is 3. The number of nitrogens with zero attached hydrogens (tertiary/aromatic N) is 2. The van der Waals surface area contributed by atoms with Gasteiger partial charge in [-0.15, -0.1) is 0 Å². The predicted octanol–water partition coefficient (Wildman–Crippen LogP) is 10.1. The molecule has 5 rings (SSSR count). The monoisotopic (exact) mass is 526 g/mol. The maximum atomic E-state index is 7.37. The fourth-order valence-corrected chi connectivity index (χ4v) is 9.85. The van der Waals surface area contributed by atoms with Crippen molar-refractivity contribution in [2.45, 2.75) is 115 Å². The van der Waals surface area contributed by atoms with Crippen LogP contribution in [0.15, 0.2) is 52.2 Å². The zero-order chi connectivity index (χ0) is 26.0. The van der Waals surface area contributed by atoms with Crippen LogP contribution in [-0.2, 0) is 4.43 Å². The first kappa shape index (κ1) is 26.6. The first-order valence-corrected chi connectivity index (χ1v) is 17.6. The Bertz CT molecular complexity index is 1030. The summed E-state index contributed by atoms with van der Waals surface area (Å²) in [6, 6.07) is 10.1. The highest BCUT2D eigenvalue weighted by Crippen LogP contribution is 2.69. The molecule has 0 heterocycles. The van der Waals surface area contributed by atoms with E-state index in [4.69, 9.17) is 21.1 Å². The summed E-state index contributed by atoms with van der Waals surface area (Å²) in [5.74, 6) is 2.09. The number of rotatable bonds is 4. The van der Waals surface area contributed by atoms with Gasteiger partial charge in [-0.3, -0.25) is 0 Å². The van der Waals surface area contributed by atoms with Crippen LogP contribution < -0.4 is 0 Å². The molecule has 0 saturated heterocycles. The van der Waals surface area contributed by atoms with Gasteiger partial charge in [0.1, 0.15) is 0 Å². The van der Waals surface area contributed by atoms with Crippen LogP contribution in [0.1, 0.15) is 86.0 Å². The molecule has 0 bridgehead atoms. The molecule has 198 valence electrons. The van der Waals surface area contributed by atoms with Crippen LogP contribution in [0, 0.1) is 28.6 Å². The molecule has 36 heavy (non-hydrogen) atoms. The van der Waals surface area contributed by atoms with Crippen LogP contribution in [0.5, 0.6) is 0 Å². The van der Waals surface area contributed by atoms with E-state index in [1.54, 1.807) is 5.57 Å². The molecule has 7 atom stereocenters. The third kappa shape index (κ3) is 4.27. The van der Waals surface area contributed by atoms with E-state index >= 15 is 0 Å². The van der Waals surface area contributed by atoms with Gasteiger partial charge >= 0.3 is 0 Å². The molecule has 0 aliphatic heterocycles. The van der Waals surface area contributed by atoms with Crippen molar-refractivity contribution in [1.82, 2.24) is 0 Å². The third-order valence-electron chi connectivity index (χ3n) is 11.5. The minimum atomic E-state index is -1.75. The Labute approximate surface area is 225 Å². The molecule has 0 spiro atoms. The van der Waals surface area contributed by atoms with Gasteiger partial charge in [0.25, 0.3) is 0 Å². The molecule has 4 aliphatic carbocycles. The van der Waals surface area contributed by atoms with Crippen molar-refractivity contribution in [1.29, 1.82) is 0 Å². The van der Waals surface area contributed by atoms with Crippen molar-refractivity contribution in [2.24, 2.45) is 38.8 Å². The number of fused-ring (bicyclic) bond motifs is 5. The minimum Gasteiger partial charge on any atom is -0.414 e. The molecule has 1 unspecified atom stereocenters. The van der Waals surface area contributed by atoms with Gasteiger partial charge in [-0.2, -0.15) is 10.2 Å². The molecule has 3 saturated carbocycles. The molecule has 0 aromatic heterocycles. The van der Waals surface area contributed by atoms with Crippen molar-refractivity contribution in [3.63, 3.8) is 0 Å². The topological polar surface area (TPSA) is 34.0 Å². The van der Waals surface area contributed by atoms with Gasteiger partial charge in [0.05, 0.1) is 5.69 Å². The van der Waals surface area contributed by atoms with E-state index in [1.807, 2.05) is 30.3 Å². The molecule has 0 radical (unpaired) electrons. The molecule has 0 amide bonds. The predicted molar refractivity (Wildman–Crippen MR) is 153 cm³/mol. The summed E-state index contributed by atoms with van der Waals surface area (Å²) in [7, 11) is -1.75. The summed E-state index contributed by atoms with van der Waals surface area (Å²) in [5.41, 5.74) is 2.92. The zero-order valence-electron chi connectivity index (χ0n) is 23.6. The van der Waals surface area contributed by atoms with Crippen molar-refractivity contribution in [2.75, 3.05) is 0 Å². The maximum absolute atomic E-state index is 7.37. The number of benzene rings is 1. The summed E-state index contributed by atoms with van der Waals surface area (Å²) in [6.45, 7) is 16.9. The highest BCUT2D eigenvalue weighted by atomic mass is 35.5. The summed E-state index contributed by atoms with van der Waals surface area (Å²) in [4.78, 5) is -0.585. The van der Waals surface area contributed by atoms with Gasteiger partial charge in [-0.1, -0.05) is 76.1 Å². The number of azo groups is 1.